The quantitative estimate of drug-likeness (QED) is 0.642. The van der Waals surface area contributed by atoms with E-state index in [0.29, 0.717) is 5.41 Å². The highest BCUT2D eigenvalue weighted by Gasteiger charge is 2.46. The Morgan fingerprint density at radius 3 is 2.33 bits per heavy atom. The van der Waals surface area contributed by atoms with Gasteiger partial charge in [-0.2, -0.15) is 0 Å². The third-order valence-corrected chi connectivity index (χ3v) is 7.14. The van der Waals surface area contributed by atoms with Gasteiger partial charge in [-0.1, -0.05) is 45.0 Å². The van der Waals surface area contributed by atoms with Gasteiger partial charge in [-0.15, -0.1) is 0 Å². The van der Waals surface area contributed by atoms with Crippen LogP contribution < -0.4 is 5.32 Å². The number of hydrogen-bond acceptors (Lipinski definition) is 2. The lowest BCUT2D eigenvalue weighted by molar-refractivity contribution is 0.135. The summed E-state index contributed by atoms with van der Waals surface area (Å²) < 4.78 is 0. The molecule has 1 aromatic rings. The molecule has 1 N–H and O–H groups in total. The highest BCUT2D eigenvalue weighted by atomic mass is 16.2. The summed E-state index contributed by atoms with van der Waals surface area (Å²) in [5, 5.41) is 3.40. The van der Waals surface area contributed by atoms with Crippen LogP contribution in [-0.2, 0) is 5.41 Å². The van der Waals surface area contributed by atoms with Gasteiger partial charge in [0.2, 0.25) is 0 Å². The van der Waals surface area contributed by atoms with Gasteiger partial charge in [0.05, 0.1) is 6.04 Å². The number of amides is 2. The van der Waals surface area contributed by atoms with E-state index in [1.807, 2.05) is 4.90 Å². The fourth-order valence-corrected chi connectivity index (χ4v) is 5.48. The molecule has 1 saturated heterocycles. The van der Waals surface area contributed by atoms with Crippen LogP contribution in [0.3, 0.4) is 0 Å². The van der Waals surface area contributed by atoms with Crippen LogP contribution in [0.1, 0.15) is 92.7 Å². The zero-order chi connectivity index (χ0) is 22.1. The van der Waals surface area contributed by atoms with Gasteiger partial charge in [0.1, 0.15) is 0 Å². The van der Waals surface area contributed by atoms with E-state index in [1.165, 1.54) is 36.9 Å². The SMILES string of the molecule is CC(C)N(C(=O)N[C@H]1CC2(CCN(CCC(C)(C)C)CC2)c2ccccc21)C(C)C.[HH]. The Labute approximate surface area is 185 Å². The van der Waals surface area contributed by atoms with Crippen LogP contribution in [-0.4, -0.2) is 47.5 Å². The van der Waals surface area contributed by atoms with Crippen molar-refractivity contribution in [2.45, 2.75) is 97.7 Å². The number of hydrogen-bond donors (Lipinski definition) is 1. The fourth-order valence-electron chi connectivity index (χ4n) is 5.48. The molecule has 1 fully saturated rings. The van der Waals surface area contributed by atoms with E-state index in [9.17, 15) is 4.79 Å². The van der Waals surface area contributed by atoms with E-state index in [1.54, 1.807) is 0 Å². The molecule has 0 saturated carbocycles. The van der Waals surface area contributed by atoms with Crippen molar-refractivity contribution in [3.63, 3.8) is 0 Å². The second kappa shape index (κ2) is 8.90. The molecule has 1 aliphatic heterocycles. The number of piperidine rings is 1. The van der Waals surface area contributed by atoms with Crippen molar-refractivity contribution < 1.29 is 6.22 Å². The Kier molecular flexibility index (Phi) is 6.86. The summed E-state index contributed by atoms with van der Waals surface area (Å²) in [7, 11) is 0. The molecule has 1 aromatic carbocycles. The molecule has 0 bridgehead atoms. The molecule has 2 amide bonds. The van der Waals surface area contributed by atoms with Crippen molar-refractivity contribution in [2.75, 3.05) is 19.6 Å². The van der Waals surface area contributed by atoms with Crippen LogP contribution in [0.5, 0.6) is 0 Å². The molecule has 0 unspecified atom stereocenters. The maximum Gasteiger partial charge on any atom is 0.318 e. The van der Waals surface area contributed by atoms with Crippen molar-refractivity contribution in [3.05, 3.63) is 35.4 Å². The van der Waals surface area contributed by atoms with E-state index in [-0.39, 0.29) is 31.0 Å². The van der Waals surface area contributed by atoms with Gasteiger partial charge in [-0.3, -0.25) is 0 Å². The van der Waals surface area contributed by atoms with Gasteiger partial charge >= 0.3 is 6.03 Å². The van der Waals surface area contributed by atoms with Crippen LogP contribution in [0.4, 0.5) is 4.79 Å². The molecule has 0 aromatic heterocycles. The van der Waals surface area contributed by atoms with Crippen LogP contribution >= 0.6 is 0 Å². The number of carbonyl (C=O) groups excluding carboxylic acids is 1. The summed E-state index contributed by atoms with van der Waals surface area (Å²) in [6.45, 7) is 18.9. The summed E-state index contributed by atoms with van der Waals surface area (Å²) >= 11 is 0. The zero-order valence-electron chi connectivity index (χ0n) is 20.3. The lowest BCUT2D eigenvalue weighted by Crippen LogP contribution is -2.49. The molecular formula is C26H45N3O. The smallest absolute Gasteiger partial charge is 0.318 e. The highest BCUT2D eigenvalue weighted by molar-refractivity contribution is 5.75. The van der Waals surface area contributed by atoms with Gasteiger partial charge in [0.25, 0.3) is 0 Å². The van der Waals surface area contributed by atoms with E-state index in [4.69, 9.17) is 0 Å². The normalized spacial score (nSPS) is 21.3. The second-order valence-corrected chi connectivity index (χ2v) is 11.3. The third-order valence-electron chi connectivity index (χ3n) is 7.14. The number of urea groups is 1. The molecule has 170 valence electrons. The number of benzene rings is 1. The lowest BCUT2D eigenvalue weighted by Gasteiger charge is -2.41. The van der Waals surface area contributed by atoms with Crippen LogP contribution in [0.15, 0.2) is 24.3 Å². The second-order valence-electron chi connectivity index (χ2n) is 11.3. The first-order valence-corrected chi connectivity index (χ1v) is 11.9. The molecule has 1 aliphatic carbocycles. The summed E-state index contributed by atoms with van der Waals surface area (Å²) in [6, 6.07) is 9.42. The minimum absolute atomic E-state index is 0. The molecule has 3 rings (SSSR count). The van der Waals surface area contributed by atoms with Crippen LogP contribution in [0.2, 0.25) is 0 Å². The summed E-state index contributed by atoms with van der Waals surface area (Å²) in [6.07, 6.45) is 4.67. The monoisotopic (exact) mass is 415 g/mol. The lowest BCUT2D eigenvalue weighted by atomic mass is 9.73. The molecule has 4 heteroatoms. The van der Waals surface area contributed by atoms with Crippen LogP contribution in [0, 0.1) is 5.41 Å². The number of nitrogens with one attached hydrogen (secondary N) is 1. The number of rotatable bonds is 5. The average molecular weight is 416 g/mol. The van der Waals surface area contributed by atoms with Gasteiger partial charge in [0, 0.05) is 18.9 Å². The molecule has 2 aliphatic rings. The van der Waals surface area contributed by atoms with E-state index in [0.717, 1.165) is 19.5 Å². The first-order valence-electron chi connectivity index (χ1n) is 11.9. The predicted molar refractivity (Wildman–Crippen MR) is 128 cm³/mol. The van der Waals surface area contributed by atoms with E-state index < -0.39 is 0 Å². The molecule has 0 radical (unpaired) electrons. The van der Waals surface area contributed by atoms with Gasteiger partial charge in [0.15, 0.2) is 0 Å². The number of carbonyl (C=O) groups is 1. The van der Waals surface area contributed by atoms with Crippen molar-refractivity contribution >= 4 is 6.03 Å². The minimum Gasteiger partial charge on any atom is -0.331 e. The number of likely N-dealkylation sites (tertiary alicyclic amines) is 1. The largest absolute Gasteiger partial charge is 0.331 e. The summed E-state index contributed by atoms with van der Waals surface area (Å²) in [5.41, 5.74) is 3.42. The predicted octanol–water partition coefficient (Wildman–Crippen LogP) is 5.98. The van der Waals surface area contributed by atoms with Crippen molar-refractivity contribution in [2.24, 2.45) is 5.41 Å². The number of nitrogens with zero attached hydrogens (tertiary/aromatic N) is 2. The molecular weight excluding hydrogens is 370 g/mol. The van der Waals surface area contributed by atoms with Crippen molar-refractivity contribution in [1.29, 1.82) is 0 Å². The third kappa shape index (κ3) is 5.01. The highest BCUT2D eigenvalue weighted by Crippen LogP contribution is 2.50. The molecule has 1 atom stereocenters. The van der Waals surface area contributed by atoms with Gasteiger partial charge in [-0.25, -0.2) is 4.79 Å². The maximum absolute atomic E-state index is 13.1. The minimum atomic E-state index is 0. The Bertz CT molecular complexity index is 724. The van der Waals surface area contributed by atoms with Gasteiger partial charge in [-0.05, 0) is 89.6 Å². The van der Waals surface area contributed by atoms with Crippen molar-refractivity contribution in [1.82, 2.24) is 15.1 Å². The molecule has 1 spiro atoms. The zero-order valence-corrected chi connectivity index (χ0v) is 20.3. The van der Waals surface area contributed by atoms with Crippen molar-refractivity contribution in [3.8, 4) is 0 Å². The topological polar surface area (TPSA) is 35.6 Å². The van der Waals surface area contributed by atoms with Gasteiger partial charge < -0.3 is 15.1 Å². The maximum atomic E-state index is 13.1. The molecule has 1 heterocycles. The average Bonchev–Trinajstić information content (AvgIpc) is 2.94. The van der Waals surface area contributed by atoms with Crippen LogP contribution in [0.25, 0.3) is 0 Å². The standard InChI is InChI=1S/C26H43N3O.H2/c1-19(2)29(20(3)4)24(30)27-23-18-26(22-11-9-8-10-21(22)23)13-16-28(17-14-26)15-12-25(5,6)7;/h8-11,19-20,23H,12-18H2,1-7H3,(H,27,30);1H/t23-;/m0./s1. The summed E-state index contributed by atoms with van der Waals surface area (Å²) in [5.74, 6) is 0. The summed E-state index contributed by atoms with van der Waals surface area (Å²) in [4.78, 5) is 17.7. The number of fused-ring (bicyclic) bond motifs is 2. The molecule has 4 nitrogen and oxygen atoms in total. The Hall–Kier alpha value is -1.55. The Balaban J connectivity index is 0.00000341. The fraction of sp³-hybridized carbons (Fsp3) is 0.731. The molecule has 30 heavy (non-hydrogen) atoms. The van der Waals surface area contributed by atoms with E-state index >= 15 is 0 Å². The Morgan fingerprint density at radius 1 is 1.17 bits per heavy atom. The first kappa shape index (κ1) is 23.1. The Morgan fingerprint density at radius 2 is 1.77 bits per heavy atom. The van der Waals surface area contributed by atoms with E-state index in [2.05, 4.69) is 82.9 Å². The first-order chi connectivity index (χ1) is 14.0.